The van der Waals surface area contributed by atoms with Crippen LogP contribution in [0.2, 0.25) is 0 Å². The van der Waals surface area contributed by atoms with Gasteiger partial charge in [0.25, 0.3) is 5.56 Å². The molecule has 0 saturated carbocycles. The molecule has 0 spiro atoms. The van der Waals surface area contributed by atoms with Crippen LogP contribution in [-0.2, 0) is 6.54 Å². The van der Waals surface area contributed by atoms with Crippen LogP contribution in [0.15, 0.2) is 29.1 Å². The van der Waals surface area contributed by atoms with Gasteiger partial charge in [0.1, 0.15) is 5.82 Å². The predicted molar refractivity (Wildman–Crippen MR) is 82.4 cm³/mol. The lowest BCUT2D eigenvalue weighted by Crippen LogP contribution is -2.56. The van der Waals surface area contributed by atoms with Crippen molar-refractivity contribution in [3.05, 3.63) is 40.4 Å². The minimum atomic E-state index is 0.107. The number of fused-ring (bicyclic) bond motifs is 4. The van der Waals surface area contributed by atoms with E-state index < -0.39 is 0 Å². The van der Waals surface area contributed by atoms with Crippen molar-refractivity contribution in [2.75, 3.05) is 27.2 Å². The smallest absolute Gasteiger partial charge is 0.261 e. The summed E-state index contributed by atoms with van der Waals surface area (Å²) < 4.78 is 1.89. The number of piperazine rings is 1. The lowest BCUT2D eigenvalue weighted by Gasteiger charge is -2.47. The van der Waals surface area contributed by atoms with Crippen molar-refractivity contribution >= 4 is 10.9 Å². The highest BCUT2D eigenvalue weighted by molar-refractivity contribution is 5.77. The van der Waals surface area contributed by atoms with Crippen LogP contribution in [-0.4, -0.2) is 52.6 Å². The maximum atomic E-state index is 12.7. The molecule has 1 aromatic carbocycles. The monoisotopic (exact) mass is 284 g/mol. The Morgan fingerprint density at radius 1 is 1.10 bits per heavy atom. The molecule has 0 N–H and O–H groups in total. The summed E-state index contributed by atoms with van der Waals surface area (Å²) in [6.07, 6.45) is 1.01. The van der Waals surface area contributed by atoms with Crippen LogP contribution in [0.5, 0.6) is 0 Å². The molecule has 0 amide bonds. The number of hydrogen-bond acceptors (Lipinski definition) is 4. The average molecular weight is 284 g/mol. The number of benzene rings is 1. The molecule has 0 aliphatic carbocycles. The Bertz CT molecular complexity index is 754. The molecule has 0 unspecified atom stereocenters. The van der Waals surface area contributed by atoms with E-state index in [1.807, 2.05) is 28.8 Å². The number of nitrogens with zero attached hydrogens (tertiary/aromatic N) is 4. The van der Waals surface area contributed by atoms with Gasteiger partial charge in [-0.25, -0.2) is 4.98 Å². The highest BCUT2D eigenvalue weighted by atomic mass is 16.1. The molecular weight excluding hydrogens is 264 g/mol. The molecule has 5 heteroatoms. The van der Waals surface area contributed by atoms with Gasteiger partial charge in [-0.05, 0) is 32.6 Å². The van der Waals surface area contributed by atoms with Gasteiger partial charge in [0.15, 0.2) is 0 Å². The van der Waals surface area contributed by atoms with Crippen LogP contribution in [0.4, 0.5) is 0 Å². The van der Waals surface area contributed by atoms with Crippen LogP contribution in [0.25, 0.3) is 10.9 Å². The third-order valence-electron chi connectivity index (χ3n) is 5.02. The van der Waals surface area contributed by atoms with Gasteiger partial charge in [-0.1, -0.05) is 12.1 Å². The molecule has 1 aromatic heterocycles. The zero-order valence-electron chi connectivity index (χ0n) is 12.5. The van der Waals surface area contributed by atoms with Crippen molar-refractivity contribution in [1.29, 1.82) is 0 Å². The maximum absolute atomic E-state index is 12.7. The molecule has 1 saturated heterocycles. The molecule has 2 aliphatic rings. The van der Waals surface area contributed by atoms with Crippen molar-refractivity contribution in [3.8, 4) is 0 Å². The molecule has 0 radical (unpaired) electrons. The third kappa shape index (κ3) is 1.84. The summed E-state index contributed by atoms with van der Waals surface area (Å²) in [5.74, 6) is 0.934. The van der Waals surface area contributed by atoms with Crippen molar-refractivity contribution in [2.45, 2.75) is 25.0 Å². The van der Waals surface area contributed by atoms with E-state index in [0.29, 0.717) is 6.04 Å². The van der Waals surface area contributed by atoms with Crippen molar-refractivity contribution in [2.24, 2.45) is 0 Å². The van der Waals surface area contributed by atoms with Gasteiger partial charge in [0.2, 0.25) is 0 Å². The normalized spacial score (nSPS) is 26.6. The molecule has 4 rings (SSSR count). The number of rotatable bonds is 0. The standard InChI is InChI=1S/C16H20N4O/c1-18-9-10-19(2)14-13(18)7-8-20-15(14)17-12-6-4-3-5-11(12)16(20)21/h3-6,13-14H,7-10H2,1-2H3/t13-,14-/m1/s1. The second-order valence-corrected chi connectivity index (χ2v) is 6.21. The zero-order chi connectivity index (χ0) is 14.6. The third-order valence-corrected chi connectivity index (χ3v) is 5.02. The Morgan fingerprint density at radius 2 is 1.86 bits per heavy atom. The molecule has 2 aliphatic heterocycles. The molecular formula is C16H20N4O. The fraction of sp³-hybridized carbons (Fsp3) is 0.500. The Labute approximate surface area is 123 Å². The molecule has 3 heterocycles. The summed E-state index contributed by atoms with van der Waals surface area (Å²) >= 11 is 0. The summed E-state index contributed by atoms with van der Waals surface area (Å²) in [6, 6.07) is 8.34. The predicted octanol–water partition coefficient (Wildman–Crippen LogP) is 1.09. The summed E-state index contributed by atoms with van der Waals surface area (Å²) in [7, 11) is 4.32. The Balaban J connectivity index is 1.96. The second kappa shape index (κ2) is 4.64. The van der Waals surface area contributed by atoms with Gasteiger partial charge in [0.05, 0.1) is 16.9 Å². The summed E-state index contributed by atoms with van der Waals surface area (Å²) in [5, 5.41) is 0.728. The first-order valence-corrected chi connectivity index (χ1v) is 7.57. The summed E-state index contributed by atoms with van der Waals surface area (Å²) in [5.41, 5.74) is 0.923. The van der Waals surface area contributed by atoms with E-state index in [4.69, 9.17) is 4.98 Å². The van der Waals surface area contributed by atoms with Gasteiger partial charge in [0, 0.05) is 25.7 Å². The fourth-order valence-corrected chi connectivity index (χ4v) is 3.79. The van der Waals surface area contributed by atoms with Gasteiger partial charge in [-0.2, -0.15) is 0 Å². The summed E-state index contributed by atoms with van der Waals surface area (Å²) in [6.45, 7) is 2.86. The van der Waals surface area contributed by atoms with Crippen LogP contribution in [0.1, 0.15) is 18.3 Å². The summed E-state index contributed by atoms with van der Waals surface area (Å²) in [4.78, 5) is 22.3. The molecule has 2 atom stereocenters. The second-order valence-electron chi connectivity index (χ2n) is 6.21. The Hall–Kier alpha value is -1.72. The minimum Gasteiger partial charge on any atom is -0.300 e. The Morgan fingerprint density at radius 3 is 2.71 bits per heavy atom. The highest BCUT2D eigenvalue weighted by Gasteiger charge is 2.39. The van der Waals surface area contributed by atoms with Crippen LogP contribution >= 0.6 is 0 Å². The quantitative estimate of drug-likeness (QED) is 0.726. The van der Waals surface area contributed by atoms with E-state index in [9.17, 15) is 4.79 Å². The maximum Gasteiger partial charge on any atom is 0.261 e. The van der Waals surface area contributed by atoms with E-state index in [1.165, 1.54) is 0 Å². The van der Waals surface area contributed by atoms with Gasteiger partial charge in [-0.15, -0.1) is 0 Å². The first kappa shape index (κ1) is 13.0. The van der Waals surface area contributed by atoms with Gasteiger partial charge in [-0.3, -0.25) is 14.3 Å². The molecule has 5 nitrogen and oxygen atoms in total. The highest BCUT2D eigenvalue weighted by Crippen LogP contribution is 2.33. The molecule has 110 valence electrons. The van der Waals surface area contributed by atoms with Gasteiger partial charge >= 0.3 is 0 Å². The molecule has 0 bridgehead atoms. The first-order chi connectivity index (χ1) is 10.2. The number of hydrogen-bond donors (Lipinski definition) is 0. The fourth-order valence-electron chi connectivity index (χ4n) is 3.79. The van der Waals surface area contributed by atoms with Crippen LogP contribution in [0.3, 0.4) is 0 Å². The largest absolute Gasteiger partial charge is 0.300 e. The van der Waals surface area contributed by atoms with Gasteiger partial charge < -0.3 is 4.90 Å². The van der Waals surface area contributed by atoms with E-state index in [0.717, 1.165) is 42.8 Å². The van der Waals surface area contributed by atoms with Crippen molar-refractivity contribution < 1.29 is 0 Å². The number of para-hydroxylation sites is 1. The minimum absolute atomic E-state index is 0.107. The van der Waals surface area contributed by atoms with E-state index >= 15 is 0 Å². The number of aromatic nitrogens is 2. The lowest BCUT2D eigenvalue weighted by atomic mass is 9.94. The van der Waals surface area contributed by atoms with Crippen LogP contribution < -0.4 is 5.56 Å². The zero-order valence-corrected chi connectivity index (χ0v) is 12.5. The van der Waals surface area contributed by atoms with Crippen molar-refractivity contribution in [3.63, 3.8) is 0 Å². The van der Waals surface area contributed by atoms with E-state index in [1.54, 1.807) is 0 Å². The SMILES string of the molecule is CN1CCN(C)[C@H]2c3nc4ccccc4c(=O)n3CC[C@H]21. The van der Waals surface area contributed by atoms with E-state index in [2.05, 4.69) is 23.9 Å². The lowest BCUT2D eigenvalue weighted by molar-refractivity contribution is 0.0253. The first-order valence-electron chi connectivity index (χ1n) is 7.57. The molecule has 21 heavy (non-hydrogen) atoms. The van der Waals surface area contributed by atoms with E-state index in [-0.39, 0.29) is 11.6 Å². The van der Waals surface area contributed by atoms with Crippen LogP contribution in [0, 0.1) is 0 Å². The Kier molecular flexibility index (Phi) is 2.87. The molecule has 2 aromatic rings. The number of likely N-dealkylation sites (N-methyl/N-ethyl adjacent to an activating group) is 2. The average Bonchev–Trinajstić information content (AvgIpc) is 2.51. The van der Waals surface area contributed by atoms with Crippen molar-refractivity contribution in [1.82, 2.24) is 19.4 Å². The topological polar surface area (TPSA) is 41.4 Å². The molecule has 1 fully saturated rings.